The Balaban J connectivity index is 1.42. The molecule has 29 heavy (non-hydrogen) atoms. The zero-order valence-electron chi connectivity index (χ0n) is 16.8. The van der Waals surface area contributed by atoms with Gasteiger partial charge in [-0.25, -0.2) is 0 Å². The lowest BCUT2D eigenvalue weighted by Crippen LogP contribution is -2.08. The van der Waals surface area contributed by atoms with Gasteiger partial charge in [0.25, 0.3) is 0 Å². The lowest BCUT2D eigenvalue weighted by molar-refractivity contribution is -0.111. The van der Waals surface area contributed by atoms with Crippen LogP contribution in [0.4, 0.5) is 11.4 Å². The minimum atomic E-state index is -0.193. The lowest BCUT2D eigenvalue weighted by atomic mass is 10.2. The first-order chi connectivity index (χ1) is 14.1. The highest BCUT2D eigenvalue weighted by molar-refractivity contribution is 6.01. The van der Waals surface area contributed by atoms with Crippen LogP contribution in [0.5, 0.6) is 0 Å². The molecule has 0 aliphatic rings. The maximum Gasteiger partial charge on any atom is 0.248 e. The number of aromatic nitrogens is 2. The highest BCUT2D eigenvalue weighted by atomic mass is 16.5. The minimum Gasteiger partial charge on any atom is -0.378 e. The minimum absolute atomic E-state index is 0.193. The number of carbonyl (C=O) groups is 1. The zero-order valence-corrected chi connectivity index (χ0v) is 16.8. The normalized spacial score (nSPS) is 11.0. The molecular formula is C23H26N4O2. The molecule has 0 unspecified atom stereocenters. The van der Waals surface area contributed by atoms with Gasteiger partial charge in [-0.1, -0.05) is 42.5 Å². The van der Waals surface area contributed by atoms with E-state index in [1.165, 1.54) is 6.08 Å². The Morgan fingerprint density at radius 3 is 2.62 bits per heavy atom. The van der Waals surface area contributed by atoms with E-state index in [1.54, 1.807) is 23.2 Å². The number of nitrogens with zero attached hydrogens (tertiary/aromatic N) is 3. The lowest BCUT2D eigenvalue weighted by Gasteiger charge is -2.11. The molecule has 1 amide bonds. The summed E-state index contributed by atoms with van der Waals surface area (Å²) in [4.78, 5) is 14.2. The van der Waals surface area contributed by atoms with Gasteiger partial charge in [0.05, 0.1) is 31.6 Å². The number of anilines is 2. The highest BCUT2D eigenvalue weighted by Crippen LogP contribution is 2.13. The second-order valence-electron chi connectivity index (χ2n) is 6.84. The van der Waals surface area contributed by atoms with E-state index < -0.39 is 0 Å². The topological polar surface area (TPSA) is 59.4 Å². The van der Waals surface area contributed by atoms with Crippen molar-refractivity contribution in [3.63, 3.8) is 0 Å². The van der Waals surface area contributed by atoms with Crippen molar-refractivity contribution in [1.29, 1.82) is 0 Å². The summed E-state index contributed by atoms with van der Waals surface area (Å²) < 4.78 is 7.42. The van der Waals surface area contributed by atoms with Crippen molar-refractivity contribution in [2.75, 3.05) is 30.9 Å². The standard InChI is InChI=1S/C23H26N4O2/c1-26(2)22-11-8-19(9-12-22)10-13-23(28)25-21-16-24-27(17-21)14-15-29-18-20-6-4-3-5-7-20/h3-13,16-17H,14-15,18H2,1-2H3,(H,25,28)/b13-10+. The van der Waals surface area contributed by atoms with Crippen LogP contribution in [0.15, 0.2) is 73.1 Å². The number of amides is 1. The van der Waals surface area contributed by atoms with Gasteiger partial charge in [-0.05, 0) is 29.3 Å². The number of ether oxygens (including phenoxy) is 1. The summed E-state index contributed by atoms with van der Waals surface area (Å²) in [5, 5.41) is 7.07. The molecule has 1 N–H and O–H groups in total. The fraction of sp³-hybridized carbons (Fsp3) is 0.217. The SMILES string of the molecule is CN(C)c1ccc(/C=C/C(=O)Nc2cnn(CCOCc3ccccc3)c2)cc1. The van der Waals surface area contributed by atoms with E-state index in [4.69, 9.17) is 4.74 Å². The summed E-state index contributed by atoms with van der Waals surface area (Å²) >= 11 is 0. The molecule has 0 aliphatic carbocycles. The maximum atomic E-state index is 12.1. The average molecular weight is 390 g/mol. The van der Waals surface area contributed by atoms with Crippen LogP contribution >= 0.6 is 0 Å². The molecule has 1 heterocycles. The van der Waals surface area contributed by atoms with Gasteiger partial charge in [-0.2, -0.15) is 5.10 Å². The van der Waals surface area contributed by atoms with Gasteiger partial charge >= 0.3 is 0 Å². The molecule has 1 aromatic heterocycles. The van der Waals surface area contributed by atoms with Crippen LogP contribution in [0.25, 0.3) is 6.08 Å². The number of benzene rings is 2. The predicted octanol–water partition coefficient (Wildman–Crippen LogP) is 3.82. The molecular weight excluding hydrogens is 364 g/mol. The summed E-state index contributed by atoms with van der Waals surface area (Å²) in [6.07, 6.45) is 6.74. The third-order valence-electron chi connectivity index (χ3n) is 4.31. The van der Waals surface area contributed by atoms with Crippen LogP contribution < -0.4 is 10.2 Å². The van der Waals surface area contributed by atoms with Gasteiger partial charge in [0.15, 0.2) is 0 Å². The number of hydrogen-bond acceptors (Lipinski definition) is 4. The van der Waals surface area contributed by atoms with Gasteiger partial charge in [-0.15, -0.1) is 0 Å². The predicted molar refractivity (Wildman–Crippen MR) is 117 cm³/mol. The van der Waals surface area contributed by atoms with Crippen molar-refractivity contribution in [2.45, 2.75) is 13.2 Å². The molecule has 0 atom stereocenters. The van der Waals surface area contributed by atoms with Crippen LogP contribution in [0.2, 0.25) is 0 Å². The first-order valence-corrected chi connectivity index (χ1v) is 9.51. The Morgan fingerprint density at radius 1 is 1.14 bits per heavy atom. The Kier molecular flexibility index (Phi) is 7.19. The number of carbonyl (C=O) groups excluding carboxylic acids is 1. The Hall–Kier alpha value is -3.38. The fourth-order valence-electron chi connectivity index (χ4n) is 2.71. The smallest absolute Gasteiger partial charge is 0.248 e. The third kappa shape index (κ3) is 6.62. The number of rotatable bonds is 9. The Labute approximate surface area is 171 Å². The van der Waals surface area contributed by atoms with Crippen LogP contribution in [0.1, 0.15) is 11.1 Å². The van der Waals surface area contributed by atoms with E-state index in [-0.39, 0.29) is 5.91 Å². The van der Waals surface area contributed by atoms with Crippen molar-refractivity contribution in [3.8, 4) is 0 Å². The van der Waals surface area contributed by atoms with E-state index in [1.807, 2.05) is 73.6 Å². The molecule has 0 spiro atoms. The summed E-state index contributed by atoms with van der Waals surface area (Å²) in [6, 6.07) is 18.0. The van der Waals surface area contributed by atoms with Gasteiger partial charge in [0, 0.05) is 32.1 Å². The average Bonchev–Trinajstić information content (AvgIpc) is 3.18. The number of hydrogen-bond donors (Lipinski definition) is 1. The molecule has 0 aliphatic heterocycles. The molecule has 0 fully saturated rings. The Bertz CT molecular complexity index is 931. The van der Waals surface area contributed by atoms with Gasteiger partial charge < -0.3 is 15.0 Å². The molecule has 0 saturated heterocycles. The van der Waals surface area contributed by atoms with Crippen molar-refractivity contribution >= 4 is 23.4 Å². The largest absolute Gasteiger partial charge is 0.378 e. The van der Waals surface area contributed by atoms with E-state index in [2.05, 4.69) is 10.4 Å². The zero-order chi connectivity index (χ0) is 20.5. The van der Waals surface area contributed by atoms with Crippen molar-refractivity contribution < 1.29 is 9.53 Å². The molecule has 6 heteroatoms. The molecule has 0 saturated carbocycles. The molecule has 6 nitrogen and oxygen atoms in total. The highest BCUT2D eigenvalue weighted by Gasteiger charge is 2.02. The van der Waals surface area contributed by atoms with E-state index in [9.17, 15) is 4.79 Å². The van der Waals surface area contributed by atoms with Crippen molar-refractivity contribution in [2.24, 2.45) is 0 Å². The quantitative estimate of drug-likeness (QED) is 0.446. The summed E-state index contributed by atoms with van der Waals surface area (Å²) in [5.41, 5.74) is 3.89. The monoisotopic (exact) mass is 390 g/mol. The van der Waals surface area contributed by atoms with E-state index in [0.29, 0.717) is 25.4 Å². The second kappa shape index (κ2) is 10.2. The second-order valence-corrected chi connectivity index (χ2v) is 6.84. The van der Waals surface area contributed by atoms with Gasteiger partial charge in [0.2, 0.25) is 5.91 Å². The van der Waals surface area contributed by atoms with Gasteiger partial charge in [-0.3, -0.25) is 9.48 Å². The van der Waals surface area contributed by atoms with Crippen LogP contribution in [-0.2, 0) is 22.7 Å². The Morgan fingerprint density at radius 2 is 1.90 bits per heavy atom. The summed E-state index contributed by atoms with van der Waals surface area (Å²) in [7, 11) is 3.99. The molecule has 0 bridgehead atoms. The number of nitrogens with one attached hydrogen (secondary N) is 1. The van der Waals surface area contributed by atoms with Gasteiger partial charge in [0.1, 0.15) is 0 Å². The fourth-order valence-corrected chi connectivity index (χ4v) is 2.71. The van der Waals surface area contributed by atoms with E-state index >= 15 is 0 Å². The first-order valence-electron chi connectivity index (χ1n) is 9.51. The first kappa shape index (κ1) is 20.4. The van der Waals surface area contributed by atoms with E-state index in [0.717, 1.165) is 16.8 Å². The maximum absolute atomic E-state index is 12.1. The summed E-state index contributed by atoms with van der Waals surface area (Å²) in [6.45, 7) is 1.75. The van der Waals surface area contributed by atoms with Crippen LogP contribution in [0.3, 0.4) is 0 Å². The van der Waals surface area contributed by atoms with Crippen LogP contribution in [-0.4, -0.2) is 36.4 Å². The molecule has 2 aromatic carbocycles. The summed E-state index contributed by atoms with van der Waals surface area (Å²) in [5.74, 6) is -0.193. The van der Waals surface area contributed by atoms with Crippen LogP contribution in [0, 0.1) is 0 Å². The molecule has 3 aromatic rings. The molecule has 3 rings (SSSR count). The van der Waals surface area contributed by atoms with Crippen molar-refractivity contribution in [3.05, 3.63) is 84.2 Å². The molecule has 0 radical (unpaired) electrons. The van der Waals surface area contributed by atoms with Crippen molar-refractivity contribution in [1.82, 2.24) is 9.78 Å². The molecule has 150 valence electrons. The third-order valence-corrected chi connectivity index (χ3v) is 4.31.